The van der Waals surface area contributed by atoms with Crippen molar-refractivity contribution >= 4 is 23.1 Å². The Morgan fingerprint density at radius 2 is 1.75 bits per heavy atom. The minimum absolute atomic E-state index is 0.0111. The summed E-state index contributed by atoms with van der Waals surface area (Å²) in [5, 5.41) is 5.46. The van der Waals surface area contributed by atoms with Gasteiger partial charge in [0, 0.05) is 5.92 Å². The molecule has 2 N–H and O–H groups in total. The number of anilines is 3. The molecule has 1 fully saturated rings. The van der Waals surface area contributed by atoms with Crippen molar-refractivity contribution in [1.29, 1.82) is 0 Å². The lowest BCUT2D eigenvalue weighted by Gasteiger charge is -2.20. The minimum atomic E-state index is -0.676. The molecule has 1 aromatic heterocycles. The zero-order chi connectivity index (χ0) is 16.9. The Hall–Kier alpha value is -2.50. The van der Waals surface area contributed by atoms with Gasteiger partial charge in [0.15, 0.2) is 0 Å². The van der Waals surface area contributed by atoms with Gasteiger partial charge in [-0.15, -0.1) is 0 Å². The fourth-order valence-electron chi connectivity index (χ4n) is 2.90. The smallest absolute Gasteiger partial charge is 0.228 e. The average molecular weight is 331 g/mol. The molecule has 0 saturated heterocycles. The van der Waals surface area contributed by atoms with Crippen LogP contribution in [0.2, 0.25) is 0 Å². The maximum Gasteiger partial charge on any atom is 0.228 e. The predicted octanol–water partition coefficient (Wildman–Crippen LogP) is 4.62. The van der Waals surface area contributed by atoms with Gasteiger partial charge in [-0.1, -0.05) is 25.3 Å². The van der Waals surface area contributed by atoms with Gasteiger partial charge < -0.3 is 10.6 Å². The summed E-state index contributed by atoms with van der Waals surface area (Å²) in [5.74, 6) is -0.881. The Morgan fingerprint density at radius 1 is 1.04 bits per heavy atom. The molecule has 1 saturated carbocycles. The molecule has 1 aliphatic carbocycles. The van der Waals surface area contributed by atoms with Crippen molar-refractivity contribution in [2.45, 2.75) is 32.1 Å². The van der Waals surface area contributed by atoms with E-state index in [4.69, 9.17) is 0 Å². The van der Waals surface area contributed by atoms with Crippen molar-refractivity contribution in [2.75, 3.05) is 10.6 Å². The van der Waals surface area contributed by atoms with E-state index in [0.717, 1.165) is 25.7 Å². The van der Waals surface area contributed by atoms with E-state index < -0.39 is 11.6 Å². The number of para-hydroxylation sites is 1. The zero-order valence-electron chi connectivity index (χ0n) is 13.2. The molecule has 3 rings (SSSR count). The normalized spacial score (nSPS) is 15.1. The molecule has 24 heavy (non-hydrogen) atoms. The van der Waals surface area contributed by atoms with Crippen molar-refractivity contribution in [3.05, 3.63) is 48.2 Å². The SMILES string of the molecule is O=C(Nc1ccc(Nc2c(F)cccc2F)cn1)C1CCCCC1. The van der Waals surface area contributed by atoms with Crippen molar-refractivity contribution < 1.29 is 13.6 Å². The van der Waals surface area contributed by atoms with Crippen LogP contribution >= 0.6 is 0 Å². The molecule has 4 nitrogen and oxygen atoms in total. The van der Waals surface area contributed by atoms with Gasteiger partial charge in [0.05, 0.1) is 11.9 Å². The van der Waals surface area contributed by atoms with E-state index >= 15 is 0 Å². The van der Waals surface area contributed by atoms with Crippen LogP contribution in [0.1, 0.15) is 32.1 Å². The number of benzene rings is 1. The van der Waals surface area contributed by atoms with Gasteiger partial charge in [-0.3, -0.25) is 4.79 Å². The van der Waals surface area contributed by atoms with Crippen molar-refractivity contribution in [3.63, 3.8) is 0 Å². The number of halogens is 2. The number of aromatic nitrogens is 1. The topological polar surface area (TPSA) is 54.0 Å². The quantitative estimate of drug-likeness (QED) is 0.859. The average Bonchev–Trinajstić information content (AvgIpc) is 2.60. The summed E-state index contributed by atoms with van der Waals surface area (Å²) in [5.41, 5.74) is 0.216. The third-order valence-corrected chi connectivity index (χ3v) is 4.22. The Bertz CT molecular complexity index is 692. The summed E-state index contributed by atoms with van der Waals surface area (Å²) in [4.78, 5) is 16.3. The molecule has 0 radical (unpaired) electrons. The van der Waals surface area contributed by atoms with Crippen LogP contribution in [-0.4, -0.2) is 10.9 Å². The van der Waals surface area contributed by atoms with Crippen LogP contribution in [-0.2, 0) is 4.79 Å². The first-order valence-corrected chi connectivity index (χ1v) is 8.11. The molecule has 6 heteroatoms. The molecule has 2 aromatic rings. The van der Waals surface area contributed by atoms with Gasteiger partial charge in [-0.25, -0.2) is 13.8 Å². The maximum absolute atomic E-state index is 13.6. The standard InChI is InChI=1S/C18H19F2N3O/c19-14-7-4-8-15(20)17(14)22-13-9-10-16(21-11-13)23-18(24)12-5-2-1-3-6-12/h4,7-12,22H,1-3,5-6H2,(H,21,23,24). The number of hydrogen-bond acceptors (Lipinski definition) is 3. The summed E-state index contributed by atoms with van der Waals surface area (Å²) >= 11 is 0. The van der Waals surface area contributed by atoms with Crippen LogP contribution in [0.25, 0.3) is 0 Å². The van der Waals surface area contributed by atoms with E-state index in [9.17, 15) is 13.6 Å². The lowest BCUT2D eigenvalue weighted by Crippen LogP contribution is -2.25. The number of carbonyl (C=O) groups excluding carboxylic acids is 1. The largest absolute Gasteiger partial charge is 0.349 e. The fraction of sp³-hybridized carbons (Fsp3) is 0.333. The Balaban J connectivity index is 1.64. The highest BCUT2D eigenvalue weighted by Crippen LogP contribution is 2.26. The highest BCUT2D eigenvalue weighted by molar-refractivity contribution is 5.91. The van der Waals surface area contributed by atoms with E-state index in [1.807, 2.05) is 0 Å². The van der Waals surface area contributed by atoms with Crippen LogP contribution in [0, 0.1) is 17.6 Å². The summed E-state index contributed by atoms with van der Waals surface area (Å²) in [6, 6.07) is 6.89. The van der Waals surface area contributed by atoms with Gasteiger partial charge in [0.25, 0.3) is 0 Å². The maximum atomic E-state index is 13.6. The highest BCUT2D eigenvalue weighted by Gasteiger charge is 2.21. The molecule has 0 unspecified atom stereocenters. The minimum Gasteiger partial charge on any atom is -0.349 e. The van der Waals surface area contributed by atoms with Crippen LogP contribution in [0.4, 0.5) is 26.0 Å². The van der Waals surface area contributed by atoms with E-state index in [1.54, 1.807) is 12.1 Å². The van der Waals surface area contributed by atoms with E-state index in [1.165, 1.54) is 30.8 Å². The van der Waals surface area contributed by atoms with Gasteiger partial charge >= 0.3 is 0 Å². The number of rotatable bonds is 4. The molecular weight excluding hydrogens is 312 g/mol. The second-order valence-corrected chi connectivity index (χ2v) is 5.98. The number of hydrogen-bond donors (Lipinski definition) is 2. The number of nitrogens with one attached hydrogen (secondary N) is 2. The summed E-state index contributed by atoms with van der Waals surface area (Å²) in [7, 11) is 0. The summed E-state index contributed by atoms with van der Waals surface area (Å²) in [6.45, 7) is 0. The first kappa shape index (κ1) is 16.4. The number of amides is 1. The van der Waals surface area contributed by atoms with Crippen molar-refractivity contribution in [3.8, 4) is 0 Å². The van der Waals surface area contributed by atoms with Crippen molar-refractivity contribution in [2.24, 2.45) is 5.92 Å². The summed E-state index contributed by atoms with van der Waals surface area (Å²) < 4.78 is 27.2. The second-order valence-electron chi connectivity index (χ2n) is 5.98. The lowest BCUT2D eigenvalue weighted by molar-refractivity contribution is -0.120. The van der Waals surface area contributed by atoms with Gasteiger partial charge in [0.1, 0.15) is 23.1 Å². The number of carbonyl (C=O) groups is 1. The molecule has 1 heterocycles. The number of nitrogens with zero attached hydrogens (tertiary/aromatic N) is 1. The molecule has 0 spiro atoms. The molecule has 0 bridgehead atoms. The number of pyridine rings is 1. The first-order chi connectivity index (χ1) is 11.6. The third-order valence-electron chi connectivity index (χ3n) is 4.22. The lowest BCUT2D eigenvalue weighted by atomic mass is 9.89. The molecule has 1 amide bonds. The molecular formula is C18H19F2N3O. The van der Waals surface area contributed by atoms with Gasteiger partial charge in [-0.05, 0) is 37.1 Å². The molecule has 1 aromatic carbocycles. The summed E-state index contributed by atoms with van der Waals surface area (Å²) in [6.07, 6.45) is 6.62. The van der Waals surface area contributed by atoms with E-state index in [2.05, 4.69) is 15.6 Å². The van der Waals surface area contributed by atoms with Gasteiger partial charge in [-0.2, -0.15) is 0 Å². The highest BCUT2D eigenvalue weighted by atomic mass is 19.1. The second kappa shape index (κ2) is 7.38. The van der Waals surface area contributed by atoms with Crippen LogP contribution in [0.15, 0.2) is 36.5 Å². The predicted molar refractivity (Wildman–Crippen MR) is 89.1 cm³/mol. The van der Waals surface area contributed by atoms with Crippen LogP contribution in [0.5, 0.6) is 0 Å². The Labute approximate surface area is 139 Å². The van der Waals surface area contributed by atoms with Crippen LogP contribution in [0.3, 0.4) is 0 Å². The van der Waals surface area contributed by atoms with E-state index in [0.29, 0.717) is 11.5 Å². The third kappa shape index (κ3) is 3.88. The Morgan fingerprint density at radius 3 is 2.38 bits per heavy atom. The van der Waals surface area contributed by atoms with E-state index in [-0.39, 0.29) is 17.5 Å². The monoisotopic (exact) mass is 331 g/mol. The molecule has 0 aliphatic heterocycles. The molecule has 126 valence electrons. The zero-order valence-corrected chi connectivity index (χ0v) is 13.2. The van der Waals surface area contributed by atoms with Crippen molar-refractivity contribution in [1.82, 2.24) is 4.98 Å². The first-order valence-electron chi connectivity index (χ1n) is 8.11. The fourth-order valence-corrected chi connectivity index (χ4v) is 2.90. The Kier molecular flexibility index (Phi) is 5.03. The molecule has 0 atom stereocenters. The molecule has 1 aliphatic rings. The van der Waals surface area contributed by atoms with Gasteiger partial charge in [0.2, 0.25) is 5.91 Å². The van der Waals surface area contributed by atoms with Crippen LogP contribution < -0.4 is 10.6 Å².